The van der Waals surface area contributed by atoms with Crippen LogP contribution in [0.1, 0.15) is 0 Å². The van der Waals surface area contributed by atoms with Crippen molar-refractivity contribution in [1.82, 2.24) is 0 Å². The SMILES string of the molecule is O=c1cc(-c2ccccc2)oc2ccccc12.Oc1cccc2ccccc12. The van der Waals surface area contributed by atoms with E-state index in [1.807, 2.05) is 84.9 Å². The maximum atomic E-state index is 11.9. The summed E-state index contributed by atoms with van der Waals surface area (Å²) in [5.74, 6) is 0.956. The Balaban J connectivity index is 0.000000151. The Labute approximate surface area is 162 Å². The molecule has 5 aromatic rings. The zero-order chi connectivity index (χ0) is 19.3. The van der Waals surface area contributed by atoms with Crippen LogP contribution in [0.5, 0.6) is 5.75 Å². The maximum absolute atomic E-state index is 11.9. The standard InChI is InChI=1S/C15H10O2.C10H8O/c16-13-10-15(11-6-2-1-3-7-11)17-14-9-5-4-8-12(13)14;11-10-7-3-5-8-4-1-2-6-9(8)10/h1-10H;1-7,11H. The first-order chi connectivity index (χ1) is 13.7. The molecule has 136 valence electrons. The van der Waals surface area contributed by atoms with E-state index in [0.717, 1.165) is 16.3 Å². The number of para-hydroxylation sites is 1. The van der Waals surface area contributed by atoms with E-state index in [4.69, 9.17) is 4.42 Å². The zero-order valence-corrected chi connectivity index (χ0v) is 15.1. The molecule has 0 bridgehead atoms. The number of rotatable bonds is 1. The topological polar surface area (TPSA) is 50.4 Å². The summed E-state index contributed by atoms with van der Waals surface area (Å²) in [5.41, 5.74) is 1.53. The molecule has 0 aliphatic carbocycles. The van der Waals surface area contributed by atoms with Crippen molar-refractivity contribution >= 4 is 21.7 Å². The number of aromatic hydroxyl groups is 1. The van der Waals surface area contributed by atoms with Gasteiger partial charge in [0.2, 0.25) is 0 Å². The Kier molecular flexibility index (Phi) is 4.89. The lowest BCUT2D eigenvalue weighted by molar-refractivity contribution is 0.481. The fourth-order valence-electron chi connectivity index (χ4n) is 3.06. The van der Waals surface area contributed by atoms with E-state index < -0.39 is 0 Å². The van der Waals surface area contributed by atoms with Gasteiger partial charge in [0.15, 0.2) is 5.43 Å². The summed E-state index contributed by atoms with van der Waals surface area (Å²) in [6.07, 6.45) is 0. The Morgan fingerprint density at radius 1 is 0.643 bits per heavy atom. The average Bonchev–Trinajstić information content (AvgIpc) is 2.75. The summed E-state index contributed by atoms with van der Waals surface area (Å²) in [7, 11) is 0. The van der Waals surface area contributed by atoms with Crippen LogP contribution < -0.4 is 5.43 Å². The van der Waals surface area contributed by atoms with Gasteiger partial charge in [0.05, 0.1) is 5.39 Å². The first kappa shape index (κ1) is 17.6. The number of fused-ring (bicyclic) bond motifs is 2. The van der Waals surface area contributed by atoms with Crippen LogP contribution >= 0.6 is 0 Å². The quantitative estimate of drug-likeness (QED) is 0.395. The van der Waals surface area contributed by atoms with Crippen LogP contribution in [-0.4, -0.2) is 5.11 Å². The second-order valence-electron chi connectivity index (χ2n) is 6.34. The predicted octanol–water partition coefficient (Wildman–Crippen LogP) is 6.01. The number of phenolic OH excluding ortho intramolecular Hbond substituents is 1. The molecule has 1 heterocycles. The highest BCUT2D eigenvalue weighted by atomic mass is 16.3. The second-order valence-corrected chi connectivity index (χ2v) is 6.34. The molecule has 0 radical (unpaired) electrons. The summed E-state index contributed by atoms with van der Waals surface area (Å²) >= 11 is 0. The van der Waals surface area contributed by atoms with Crippen molar-refractivity contribution in [3.05, 3.63) is 113 Å². The molecule has 5 rings (SSSR count). The van der Waals surface area contributed by atoms with Gasteiger partial charge in [-0.2, -0.15) is 0 Å². The molecule has 4 aromatic carbocycles. The van der Waals surface area contributed by atoms with E-state index in [1.54, 1.807) is 12.1 Å². The fourth-order valence-corrected chi connectivity index (χ4v) is 3.06. The van der Waals surface area contributed by atoms with Crippen LogP contribution in [0, 0.1) is 0 Å². The second kappa shape index (κ2) is 7.80. The van der Waals surface area contributed by atoms with Gasteiger partial charge < -0.3 is 9.52 Å². The van der Waals surface area contributed by atoms with Crippen molar-refractivity contribution in [3.8, 4) is 17.1 Å². The third-order valence-corrected chi connectivity index (χ3v) is 4.46. The van der Waals surface area contributed by atoms with Crippen molar-refractivity contribution < 1.29 is 9.52 Å². The van der Waals surface area contributed by atoms with E-state index in [-0.39, 0.29) is 5.43 Å². The average molecular weight is 366 g/mol. The smallest absolute Gasteiger partial charge is 0.193 e. The van der Waals surface area contributed by atoms with Crippen molar-refractivity contribution in [2.24, 2.45) is 0 Å². The van der Waals surface area contributed by atoms with Gasteiger partial charge in [-0.25, -0.2) is 0 Å². The Morgan fingerprint density at radius 2 is 1.29 bits per heavy atom. The lowest BCUT2D eigenvalue weighted by Crippen LogP contribution is -1.99. The van der Waals surface area contributed by atoms with E-state index in [1.165, 1.54) is 6.07 Å². The van der Waals surface area contributed by atoms with E-state index >= 15 is 0 Å². The monoisotopic (exact) mass is 366 g/mol. The number of phenols is 1. The summed E-state index contributed by atoms with van der Waals surface area (Å²) < 4.78 is 5.73. The van der Waals surface area contributed by atoms with Crippen molar-refractivity contribution in [1.29, 1.82) is 0 Å². The molecule has 0 aliphatic heterocycles. The molecule has 1 aromatic heterocycles. The van der Waals surface area contributed by atoms with Gasteiger partial charge in [-0.15, -0.1) is 0 Å². The Bertz CT molecular complexity index is 1280. The first-order valence-electron chi connectivity index (χ1n) is 8.97. The number of benzene rings is 4. The highest BCUT2D eigenvalue weighted by Gasteiger charge is 2.05. The zero-order valence-electron chi connectivity index (χ0n) is 15.1. The molecule has 3 nitrogen and oxygen atoms in total. The van der Waals surface area contributed by atoms with E-state index in [2.05, 4.69) is 0 Å². The molecule has 0 unspecified atom stereocenters. The predicted molar refractivity (Wildman–Crippen MR) is 114 cm³/mol. The number of hydrogen-bond donors (Lipinski definition) is 1. The first-order valence-corrected chi connectivity index (χ1v) is 8.97. The van der Waals surface area contributed by atoms with Crippen LogP contribution in [0.25, 0.3) is 33.1 Å². The minimum atomic E-state index is -0.00861. The largest absolute Gasteiger partial charge is 0.507 e. The molecule has 0 atom stereocenters. The summed E-state index contributed by atoms with van der Waals surface area (Å²) in [5, 5.41) is 12.0. The minimum absolute atomic E-state index is 0.00861. The molecule has 0 fully saturated rings. The van der Waals surface area contributed by atoms with Crippen LogP contribution in [0.3, 0.4) is 0 Å². The van der Waals surface area contributed by atoms with Gasteiger partial charge >= 0.3 is 0 Å². The van der Waals surface area contributed by atoms with Gasteiger partial charge in [-0.05, 0) is 23.6 Å². The van der Waals surface area contributed by atoms with Gasteiger partial charge in [-0.3, -0.25) is 4.79 Å². The summed E-state index contributed by atoms with van der Waals surface area (Å²) in [6.45, 7) is 0. The summed E-state index contributed by atoms with van der Waals surface area (Å²) in [6, 6.07) is 31.7. The molecule has 0 amide bonds. The third kappa shape index (κ3) is 3.64. The Hall–Kier alpha value is -3.85. The molecule has 28 heavy (non-hydrogen) atoms. The van der Waals surface area contributed by atoms with Crippen LogP contribution in [0.4, 0.5) is 0 Å². The molecule has 0 saturated heterocycles. The number of hydrogen-bond acceptors (Lipinski definition) is 3. The van der Waals surface area contributed by atoms with Crippen molar-refractivity contribution in [2.75, 3.05) is 0 Å². The molecular formula is C25H18O3. The van der Waals surface area contributed by atoms with Crippen LogP contribution in [0.2, 0.25) is 0 Å². The summed E-state index contributed by atoms with van der Waals surface area (Å²) in [4.78, 5) is 11.9. The van der Waals surface area contributed by atoms with Crippen LogP contribution in [0.15, 0.2) is 112 Å². The van der Waals surface area contributed by atoms with Crippen LogP contribution in [-0.2, 0) is 0 Å². The highest BCUT2D eigenvalue weighted by molar-refractivity contribution is 5.87. The molecular weight excluding hydrogens is 348 g/mol. The van der Waals surface area contributed by atoms with E-state index in [9.17, 15) is 9.90 Å². The van der Waals surface area contributed by atoms with Gasteiger partial charge in [0.1, 0.15) is 17.1 Å². The molecule has 1 N–H and O–H groups in total. The minimum Gasteiger partial charge on any atom is -0.507 e. The molecule has 0 aliphatic rings. The van der Waals surface area contributed by atoms with Gasteiger partial charge in [0, 0.05) is 17.0 Å². The highest BCUT2D eigenvalue weighted by Crippen LogP contribution is 2.23. The lowest BCUT2D eigenvalue weighted by atomic mass is 10.1. The lowest BCUT2D eigenvalue weighted by Gasteiger charge is -2.02. The van der Waals surface area contributed by atoms with Crippen molar-refractivity contribution in [2.45, 2.75) is 0 Å². The maximum Gasteiger partial charge on any atom is 0.193 e. The molecule has 3 heteroatoms. The van der Waals surface area contributed by atoms with Crippen molar-refractivity contribution in [3.63, 3.8) is 0 Å². The van der Waals surface area contributed by atoms with Gasteiger partial charge in [0.25, 0.3) is 0 Å². The molecule has 0 spiro atoms. The fraction of sp³-hybridized carbons (Fsp3) is 0. The normalized spacial score (nSPS) is 10.4. The third-order valence-electron chi connectivity index (χ3n) is 4.46. The van der Waals surface area contributed by atoms with E-state index in [0.29, 0.717) is 22.5 Å². The Morgan fingerprint density at radius 3 is 2.07 bits per heavy atom. The molecule has 0 saturated carbocycles. The van der Waals surface area contributed by atoms with Gasteiger partial charge in [-0.1, -0.05) is 78.9 Å².